The molecule has 106 valence electrons. The third-order valence-electron chi connectivity index (χ3n) is 3.40. The van der Waals surface area contributed by atoms with Crippen molar-refractivity contribution in [2.24, 2.45) is 0 Å². The number of nitrogens with zero attached hydrogens (tertiary/aromatic N) is 5. The van der Waals surface area contributed by atoms with Crippen molar-refractivity contribution in [3.8, 4) is 22.4 Å². The van der Waals surface area contributed by atoms with Crippen LogP contribution >= 0.6 is 11.6 Å². The fraction of sp³-hybridized carbons (Fsp3) is 0. The first-order chi connectivity index (χ1) is 10.8. The summed E-state index contributed by atoms with van der Waals surface area (Å²) in [6, 6.07) is 9.56. The van der Waals surface area contributed by atoms with Crippen LogP contribution in [0.2, 0.25) is 5.15 Å². The Morgan fingerprint density at radius 3 is 2.45 bits per heavy atom. The number of pyridine rings is 2. The summed E-state index contributed by atoms with van der Waals surface area (Å²) in [6.45, 7) is 0. The molecular weight excluding hydrogens is 298 g/mol. The van der Waals surface area contributed by atoms with Crippen LogP contribution in [0.5, 0.6) is 0 Å². The van der Waals surface area contributed by atoms with Gasteiger partial charge in [-0.1, -0.05) is 11.6 Å². The second-order valence-corrected chi connectivity index (χ2v) is 5.15. The van der Waals surface area contributed by atoms with Gasteiger partial charge in [0.25, 0.3) is 0 Å². The van der Waals surface area contributed by atoms with Crippen molar-refractivity contribution >= 4 is 17.2 Å². The van der Waals surface area contributed by atoms with Crippen LogP contribution in [0.15, 0.2) is 61.3 Å². The first kappa shape index (κ1) is 12.9. The molecule has 0 aliphatic carbocycles. The van der Waals surface area contributed by atoms with E-state index in [0.717, 1.165) is 28.0 Å². The number of hydrogen-bond donors (Lipinski definition) is 0. The number of imidazole rings is 1. The largest absolute Gasteiger partial charge is 0.265 e. The zero-order valence-corrected chi connectivity index (χ0v) is 12.1. The van der Waals surface area contributed by atoms with Gasteiger partial charge in [-0.25, -0.2) is 14.5 Å². The molecule has 0 saturated heterocycles. The molecule has 0 saturated carbocycles. The van der Waals surface area contributed by atoms with E-state index in [1.54, 1.807) is 35.4 Å². The molecule has 0 aromatic carbocycles. The molecule has 6 heteroatoms. The summed E-state index contributed by atoms with van der Waals surface area (Å²) < 4.78 is 1.79. The van der Waals surface area contributed by atoms with E-state index in [1.807, 2.05) is 30.5 Å². The van der Waals surface area contributed by atoms with Crippen molar-refractivity contribution in [3.63, 3.8) is 0 Å². The maximum atomic E-state index is 5.95. The number of hydrogen-bond acceptors (Lipinski definition) is 4. The lowest BCUT2D eigenvalue weighted by Gasteiger charge is -2.04. The maximum absolute atomic E-state index is 5.95. The van der Waals surface area contributed by atoms with Gasteiger partial charge in [-0.2, -0.15) is 5.10 Å². The summed E-state index contributed by atoms with van der Waals surface area (Å²) in [5.74, 6) is 0. The molecule has 0 radical (unpaired) electrons. The SMILES string of the molecule is Clc1cc(-c2cnc3cc(-c4ccncc4)cnn23)ccn1. The van der Waals surface area contributed by atoms with E-state index < -0.39 is 0 Å². The van der Waals surface area contributed by atoms with Crippen molar-refractivity contribution in [1.29, 1.82) is 0 Å². The highest BCUT2D eigenvalue weighted by Crippen LogP contribution is 2.24. The predicted octanol–water partition coefficient (Wildman–Crippen LogP) is 3.51. The Hall–Kier alpha value is -2.79. The van der Waals surface area contributed by atoms with Gasteiger partial charge < -0.3 is 0 Å². The molecule has 4 heterocycles. The van der Waals surface area contributed by atoms with E-state index in [1.165, 1.54) is 0 Å². The van der Waals surface area contributed by atoms with Gasteiger partial charge in [0.05, 0.1) is 18.1 Å². The maximum Gasteiger partial charge on any atom is 0.154 e. The van der Waals surface area contributed by atoms with Crippen LogP contribution in [0.4, 0.5) is 0 Å². The fourth-order valence-electron chi connectivity index (χ4n) is 2.34. The first-order valence-corrected chi connectivity index (χ1v) is 7.05. The van der Waals surface area contributed by atoms with Crippen LogP contribution in [0, 0.1) is 0 Å². The van der Waals surface area contributed by atoms with Crippen LogP contribution in [-0.4, -0.2) is 24.6 Å². The molecule has 0 fully saturated rings. The third kappa shape index (κ3) is 2.21. The van der Waals surface area contributed by atoms with Gasteiger partial charge in [-0.05, 0) is 35.9 Å². The average Bonchev–Trinajstić information content (AvgIpc) is 2.99. The van der Waals surface area contributed by atoms with Crippen LogP contribution in [0.1, 0.15) is 0 Å². The molecule has 0 aliphatic heterocycles. The lowest BCUT2D eigenvalue weighted by Crippen LogP contribution is -1.95. The Morgan fingerprint density at radius 1 is 0.818 bits per heavy atom. The highest BCUT2D eigenvalue weighted by Gasteiger charge is 2.09. The molecule has 4 aromatic rings. The summed E-state index contributed by atoms with van der Waals surface area (Å²) in [5.41, 5.74) is 4.64. The topological polar surface area (TPSA) is 56.0 Å². The highest BCUT2D eigenvalue weighted by atomic mass is 35.5. The molecular formula is C16H10ClN5. The Balaban J connectivity index is 1.84. The van der Waals surface area contributed by atoms with Crippen molar-refractivity contribution in [2.75, 3.05) is 0 Å². The Labute approximate surface area is 131 Å². The van der Waals surface area contributed by atoms with E-state index in [9.17, 15) is 0 Å². The van der Waals surface area contributed by atoms with Gasteiger partial charge in [-0.3, -0.25) is 4.98 Å². The average molecular weight is 308 g/mol. The normalized spacial score (nSPS) is 11.0. The Bertz CT molecular complexity index is 949. The van der Waals surface area contributed by atoms with Gasteiger partial charge in [0.2, 0.25) is 0 Å². The van der Waals surface area contributed by atoms with Crippen LogP contribution in [0.25, 0.3) is 28.0 Å². The fourth-order valence-corrected chi connectivity index (χ4v) is 2.51. The zero-order valence-electron chi connectivity index (χ0n) is 11.4. The molecule has 0 amide bonds. The van der Waals surface area contributed by atoms with Gasteiger partial charge in [-0.15, -0.1) is 0 Å². The molecule has 0 aliphatic rings. The minimum atomic E-state index is 0.445. The highest BCUT2D eigenvalue weighted by molar-refractivity contribution is 6.29. The molecule has 0 atom stereocenters. The molecule has 4 rings (SSSR count). The second-order valence-electron chi connectivity index (χ2n) is 4.76. The number of fused-ring (bicyclic) bond motifs is 1. The van der Waals surface area contributed by atoms with Gasteiger partial charge in [0.15, 0.2) is 5.65 Å². The smallest absolute Gasteiger partial charge is 0.154 e. The lowest BCUT2D eigenvalue weighted by molar-refractivity contribution is 0.944. The minimum absolute atomic E-state index is 0.445. The van der Waals surface area contributed by atoms with E-state index in [2.05, 4.69) is 20.1 Å². The van der Waals surface area contributed by atoms with Crippen molar-refractivity contribution in [3.05, 3.63) is 66.5 Å². The molecule has 0 bridgehead atoms. The standard InChI is InChI=1S/C16H10ClN5/c17-15-7-12(3-6-19-15)14-10-20-16-8-13(9-21-22(14)16)11-1-4-18-5-2-11/h1-10H. The molecule has 5 nitrogen and oxygen atoms in total. The van der Waals surface area contributed by atoms with E-state index >= 15 is 0 Å². The van der Waals surface area contributed by atoms with E-state index in [0.29, 0.717) is 5.15 Å². The molecule has 0 spiro atoms. The van der Waals surface area contributed by atoms with E-state index in [4.69, 9.17) is 11.6 Å². The third-order valence-corrected chi connectivity index (χ3v) is 3.60. The van der Waals surface area contributed by atoms with Crippen molar-refractivity contribution in [1.82, 2.24) is 24.6 Å². The van der Waals surface area contributed by atoms with Gasteiger partial charge >= 0.3 is 0 Å². The summed E-state index contributed by atoms with van der Waals surface area (Å²) in [4.78, 5) is 12.5. The summed E-state index contributed by atoms with van der Waals surface area (Å²) in [7, 11) is 0. The van der Waals surface area contributed by atoms with Crippen LogP contribution < -0.4 is 0 Å². The monoisotopic (exact) mass is 307 g/mol. The summed E-state index contributed by atoms with van der Waals surface area (Å²) in [5, 5.41) is 4.94. The number of rotatable bonds is 2. The molecule has 4 aromatic heterocycles. The second kappa shape index (κ2) is 5.20. The molecule has 0 unspecified atom stereocenters. The predicted molar refractivity (Wildman–Crippen MR) is 84.5 cm³/mol. The summed E-state index contributed by atoms with van der Waals surface area (Å²) in [6.07, 6.45) is 8.79. The molecule has 22 heavy (non-hydrogen) atoms. The van der Waals surface area contributed by atoms with Crippen LogP contribution in [-0.2, 0) is 0 Å². The van der Waals surface area contributed by atoms with E-state index in [-0.39, 0.29) is 0 Å². The van der Waals surface area contributed by atoms with Gasteiger partial charge in [0, 0.05) is 29.7 Å². The Morgan fingerprint density at radius 2 is 1.64 bits per heavy atom. The lowest BCUT2D eigenvalue weighted by atomic mass is 10.1. The zero-order chi connectivity index (χ0) is 14.9. The van der Waals surface area contributed by atoms with Crippen molar-refractivity contribution < 1.29 is 0 Å². The van der Waals surface area contributed by atoms with Crippen molar-refractivity contribution in [2.45, 2.75) is 0 Å². The Kier molecular flexibility index (Phi) is 3.05. The molecule has 0 N–H and O–H groups in total. The van der Waals surface area contributed by atoms with Crippen LogP contribution in [0.3, 0.4) is 0 Å². The summed E-state index contributed by atoms with van der Waals surface area (Å²) >= 11 is 5.95. The quantitative estimate of drug-likeness (QED) is 0.532. The number of aromatic nitrogens is 5. The first-order valence-electron chi connectivity index (χ1n) is 6.67. The van der Waals surface area contributed by atoms with Gasteiger partial charge in [0.1, 0.15) is 5.15 Å². The number of halogens is 1. The minimum Gasteiger partial charge on any atom is -0.265 e.